The van der Waals surface area contributed by atoms with Gasteiger partial charge in [-0.25, -0.2) is 4.79 Å². The lowest BCUT2D eigenvalue weighted by Crippen LogP contribution is -2.31. The molecule has 1 aromatic rings. The number of carboxylic acids is 1. The molecule has 0 radical (unpaired) electrons. The number of ether oxygens (including phenoxy) is 1. The molecule has 1 unspecified atom stereocenters. The molecule has 1 heterocycles. The van der Waals surface area contributed by atoms with Crippen LogP contribution in [0.3, 0.4) is 0 Å². The van der Waals surface area contributed by atoms with E-state index in [9.17, 15) is 4.79 Å². The van der Waals surface area contributed by atoms with Gasteiger partial charge in [0.1, 0.15) is 0 Å². The highest BCUT2D eigenvalue weighted by molar-refractivity contribution is 5.72. The van der Waals surface area contributed by atoms with Gasteiger partial charge in [0.15, 0.2) is 6.10 Å². The van der Waals surface area contributed by atoms with Crippen molar-refractivity contribution >= 4 is 5.97 Å². The molecule has 0 bridgehead atoms. The molecule has 0 aliphatic carbocycles. The van der Waals surface area contributed by atoms with E-state index in [0.717, 1.165) is 13.0 Å². The first kappa shape index (κ1) is 15.6. The van der Waals surface area contributed by atoms with Crippen LogP contribution in [0.25, 0.3) is 0 Å². The summed E-state index contributed by atoms with van der Waals surface area (Å²) in [4.78, 5) is 17.0. The topological polar surface area (TPSA) is 62.7 Å². The number of pyridine rings is 1. The summed E-state index contributed by atoms with van der Waals surface area (Å²) in [5.74, 6) is -0.885. The van der Waals surface area contributed by atoms with Crippen LogP contribution < -0.4 is 0 Å². The minimum absolute atomic E-state index is 0.428. The Labute approximate surface area is 114 Å². The molecule has 1 aromatic heterocycles. The van der Waals surface area contributed by atoms with Crippen molar-refractivity contribution in [1.29, 1.82) is 0 Å². The Morgan fingerprint density at radius 3 is 2.68 bits per heavy atom. The number of likely N-dealkylation sites (N-methyl/N-ethyl adjacent to an activating group) is 1. The van der Waals surface area contributed by atoms with Gasteiger partial charge in [-0.05, 0) is 44.5 Å². The molecule has 0 amide bonds. The van der Waals surface area contributed by atoms with E-state index in [1.165, 1.54) is 5.56 Å². The monoisotopic (exact) mass is 266 g/mol. The largest absolute Gasteiger partial charge is 0.479 e. The Hall–Kier alpha value is -1.46. The van der Waals surface area contributed by atoms with Gasteiger partial charge in [0.2, 0.25) is 0 Å². The summed E-state index contributed by atoms with van der Waals surface area (Å²) in [6, 6.07) is 3.99. The molecule has 5 heteroatoms. The zero-order valence-corrected chi connectivity index (χ0v) is 11.6. The maximum Gasteiger partial charge on any atom is 0.332 e. The van der Waals surface area contributed by atoms with Gasteiger partial charge in [0, 0.05) is 32.1 Å². The van der Waals surface area contributed by atoms with Crippen LogP contribution in [-0.4, -0.2) is 53.8 Å². The minimum Gasteiger partial charge on any atom is -0.479 e. The van der Waals surface area contributed by atoms with E-state index >= 15 is 0 Å². The normalized spacial score (nSPS) is 12.6. The molecular weight excluding hydrogens is 244 g/mol. The van der Waals surface area contributed by atoms with Gasteiger partial charge in [-0.1, -0.05) is 0 Å². The van der Waals surface area contributed by atoms with Crippen LogP contribution in [0.2, 0.25) is 0 Å². The maximum absolute atomic E-state index is 10.9. The van der Waals surface area contributed by atoms with Crippen LogP contribution in [0.1, 0.15) is 18.9 Å². The van der Waals surface area contributed by atoms with E-state index in [1.54, 1.807) is 12.4 Å². The lowest BCUT2D eigenvalue weighted by molar-refractivity contribution is -0.150. The van der Waals surface area contributed by atoms with Crippen molar-refractivity contribution in [3.8, 4) is 0 Å². The highest BCUT2D eigenvalue weighted by Crippen LogP contribution is 2.03. The number of aliphatic carboxylic acids is 1. The molecule has 1 atom stereocenters. The summed E-state index contributed by atoms with van der Waals surface area (Å²) in [5, 5.41) is 8.97. The fourth-order valence-corrected chi connectivity index (χ4v) is 1.80. The summed E-state index contributed by atoms with van der Waals surface area (Å²) in [5.41, 5.74) is 1.24. The maximum atomic E-state index is 10.9. The minimum atomic E-state index is -0.885. The van der Waals surface area contributed by atoms with Crippen molar-refractivity contribution in [2.45, 2.75) is 25.9 Å². The van der Waals surface area contributed by atoms with Crippen molar-refractivity contribution in [3.05, 3.63) is 30.1 Å². The lowest BCUT2D eigenvalue weighted by atomic mass is 10.2. The molecule has 0 aliphatic rings. The molecule has 1 rings (SSSR count). The van der Waals surface area contributed by atoms with Gasteiger partial charge in [-0.3, -0.25) is 4.98 Å². The fraction of sp³-hybridized carbons (Fsp3) is 0.571. The average molecular weight is 266 g/mol. The predicted octanol–water partition coefficient (Wildman–Crippen LogP) is 1.44. The zero-order valence-electron chi connectivity index (χ0n) is 11.6. The summed E-state index contributed by atoms with van der Waals surface area (Å²) < 4.78 is 5.18. The molecule has 0 saturated carbocycles. The quantitative estimate of drug-likeness (QED) is 0.732. The molecule has 0 fully saturated rings. The van der Waals surface area contributed by atoms with Crippen molar-refractivity contribution in [3.63, 3.8) is 0 Å². The van der Waals surface area contributed by atoms with E-state index in [4.69, 9.17) is 9.84 Å². The fourth-order valence-electron chi connectivity index (χ4n) is 1.80. The van der Waals surface area contributed by atoms with E-state index in [-0.39, 0.29) is 0 Å². The van der Waals surface area contributed by atoms with Crippen LogP contribution in [0.4, 0.5) is 0 Å². The highest BCUT2D eigenvalue weighted by Gasteiger charge is 2.17. The van der Waals surface area contributed by atoms with Crippen molar-refractivity contribution in [2.24, 2.45) is 0 Å². The van der Waals surface area contributed by atoms with Gasteiger partial charge in [0.25, 0.3) is 0 Å². The molecule has 0 saturated heterocycles. The van der Waals surface area contributed by atoms with Crippen molar-refractivity contribution in [2.75, 3.05) is 26.7 Å². The third-order valence-electron chi connectivity index (χ3n) is 2.95. The Morgan fingerprint density at radius 2 is 2.11 bits per heavy atom. The summed E-state index contributed by atoms with van der Waals surface area (Å²) in [7, 11) is 1.99. The standard InChI is InChI=1S/C14H22N2O3/c1-3-19-13(14(17)18)7-11-16(2)10-6-12-4-8-15-9-5-12/h4-5,8-9,13H,3,6-7,10-11H2,1-2H3,(H,17,18). The molecule has 106 valence electrons. The number of carbonyl (C=O) groups is 1. The SMILES string of the molecule is CCOC(CCN(C)CCc1ccncc1)C(=O)O. The first-order chi connectivity index (χ1) is 9.13. The summed E-state index contributed by atoms with van der Waals surface area (Å²) in [6.07, 6.45) is 4.31. The van der Waals surface area contributed by atoms with E-state index in [0.29, 0.717) is 19.6 Å². The highest BCUT2D eigenvalue weighted by atomic mass is 16.5. The molecule has 1 N–H and O–H groups in total. The second kappa shape index (κ2) is 8.61. The van der Waals surface area contributed by atoms with Crippen molar-refractivity contribution < 1.29 is 14.6 Å². The Morgan fingerprint density at radius 1 is 1.42 bits per heavy atom. The smallest absolute Gasteiger partial charge is 0.332 e. The molecule has 5 nitrogen and oxygen atoms in total. The van der Waals surface area contributed by atoms with Crippen LogP contribution in [0.15, 0.2) is 24.5 Å². The second-order valence-electron chi connectivity index (χ2n) is 4.48. The Bertz CT molecular complexity index is 370. The van der Waals surface area contributed by atoms with Crippen LogP contribution in [0, 0.1) is 0 Å². The first-order valence-electron chi connectivity index (χ1n) is 6.55. The van der Waals surface area contributed by atoms with Gasteiger partial charge >= 0.3 is 5.97 Å². The van der Waals surface area contributed by atoms with Gasteiger partial charge in [-0.15, -0.1) is 0 Å². The van der Waals surface area contributed by atoms with Crippen molar-refractivity contribution in [1.82, 2.24) is 9.88 Å². The second-order valence-corrected chi connectivity index (χ2v) is 4.48. The molecule has 0 aliphatic heterocycles. The predicted molar refractivity (Wildman–Crippen MR) is 73.1 cm³/mol. The first-order valence-corrected chi connectivity index (χ1v) is 6.55. The third kappa shape index (κ3) is 6.31. The molecule has 19 heavy (non-hydrogen) atoms. The number of carboxylic acid groups (broad SMARTS) is 1. The zero-order chi connectivity index (χ0) is 14.1. The number of nitrogens with zero attached hydrogens (tertiary/aromatic N) is 2. The van der Waals surface area contributed by atoms with Gasteiger partial charge < -0.3 is 14.7 Å². The Balaban J connectivity index is 2.27. The van der Waals surface area contributed by atoms with Crippen LogP contribution >= 0.6 is 0 Å². The number of hydrogen-bond acceptors (Lipinski definition) is 4. The Kier molecular flexibility index (Phi) is 7.07. The average Bonchev–Trinajstić information content (AvgIpc) is 2.42. The summed E-state index contributed by atoms with van der Waals surface area (Å²) in [6.45, 7) is 3.84. The molecular formula is C14H22N2O3. The van der Waals surface area contributed by atoms with E-state index < -0.39 is 12.1 Å². The molecule has 0 aromatic carbocycles. The number of rotatable bonds is 9. The summed E-state index contributed by atoms with van der Waals surface area (Å²) >= 11 is 0. The third-order valence-corrected chi connectivity index (χ3v) is 2.95. The number of aromatic nitrogens is 1. The number of hydrogen-bond donors (Lipinski definition) is 1. The molecule has 0 spiro atoms. The lowest BCUT2D eigenvalue weighted by Gasteiger charge is -2.19. The van der Waals surface area contributed by atoms with Crippen LogP contribution in [0.5, 0.6) is 0 Å². The van der Waals surface area contributed by atoms with Gasteiger partial charge in [-0.2, -0.15) is 0 Å². The van der Waals surface area contributed by atoms with Crippen LogP contribution in [-0.2, 0) is 16.0 Å². The van der Waals surface area contributed by atoms with E-state index in [1.807, 2.05) is 26.1 Å². The van der Waals surface area contributed by atoms with E-state index in [2.05, 4.69) is 9.88 Å². The van der Waals surface area contributed by atoms with Gasteiger partial charge in [0.05, 0.1) is 0 Å².